The third kappa shape index (κ3) is 5.19. The molecule has 0 atom stereocenters. The predicted molar refractivity (Wildman–Crippen MR) is 125 cm³/mol. The van der Waals surface area contributed by atoms with E-state index in [1.807, 2.05) is 0 Å². The molecule has 0 spiro atoms. The van der Waals surface area contributed by atoms with Crippen molar-refractivity contribution >= 4 is 21.8 Å². The molecule has 1 heteroatoms. The van der Waals surface area contributed by atoms with Gasteiger partial charge in [0.2, 0.25) is 0 Å². The molecule has 0 aliphatic heterocycles. The van der Waals surface area contributed by atoms with Crippen molar-refractivity contribution in [1.82, 2.24) is 4.57 Å². The van der Waals surface area contributed by atoms with Gasteiger partial charge in [0.15, 0.2) is 0 Å². The summed E-state index contributed by atoms with van der Waals surface area (Å²) in [6, 6.07) is 18.7. The third-order valence-corrected chi connectivity index (χ3v) is 6.26. The lowest BCUT2D eigenvalue weighted by molar-refractivity contribution is 0.411. The molecule has 0 saturated heterocycles. The van der Waals surface area contributed by atoms with Crippen molar-refractivity contribution in [2.24, 2.45) is 0 Å². The summed E-state index contributed by atoms with van der Waals surface area (Å²) in [5.74, 6) is 0. The topological polar surface area (TPSA) is 4.93 Å². The first-order valence-corrected chi connectivity index (χ1v) is 11.8. The van der Waals surface area contributed by atoms with Crippen LogP contribution in [0.25, 0.3) is 21.8 Å². The second-order valence-electron chi connectivity index (χ2n) is 8.46. The van der Waals surface area contributed by atoms with E-state index < -0.39 is 0 Å². The van der Waals surface area contributed by atoms with E-state index in [2.05, 4.69) is 66.9 Å². The smallest absolute Gasteiger partial charge is 0.0493 e. The summed E-state index contributed by atoms with van der Waals surface area (Å²) in [5, 5.41) is 2.83. The maximum absolute atomic E-state index is 2.68. The Morgan fingerprint density at radius 1 is 0.571 bits per heavy atom. The number of unbranched alkanes of at least 4 members (excludes halogenated alkanes) is 8. The summed E-state index contributed by atoms with van der Waals surface area (Å²) >= 11 is 0. The van der Waals surface area contributed by atoms with E-state index in [-0.39, 0.29) is 0 Å². The first-order valence-electron chi connectivity index (χ1n) is 11.8. The Labute approximate surface area is 172 Å². The number of hydrogen-bond donors (Lipinski definition) is 0. The monoisotopic (exact) mass is 377 g/mol. The van der Waals surface area contributed by atoms with Gasteiger partial charge in [0, 0.05) is 27.8 Å². The normalized spacial score (nSPS) is 11.8. The highest BCUT2D eigenvalue weighted by Crippen LogP contribution is 2.35. The van der Waals surface area contributed by atoms with Crippen LogP contribution in [0.4, 0.5) is 0 Å². The van der Waals surface area contributed by atoms with E-state index in [0.717, 1.165) is 0 Å². The molecule has 2 aromatic carbocycles. The summed E-state index contributed by atoms with van der Waals surface area (Å²) in [7, 11) is 0. The minimum atomic E-state index is 0.632. The van der Waals surface area contributed by atoms with Crippen LogP contribution in [0.3, 0.4) is 0 Å². The molecule has 1 heterocycles. The number of aromatic nitrogens is 1. The number of fused-ring (bicyclic) bond motifs is 3. The van der Waals surface area contributed by atoms with Crippen LogP contribution in [-0.4, -0.2) is 4.57 Å². The molecule has 0 N–H and O–H groups in total. The maximum Gasteiger partial charge on any atom is 0.0493 e. The van der Waals surface area contributed by atoms with Crippen molar-refractivity contribution in [1.29, 1.82) is 0 Å². The molecule has 3 rings (SSSR count). The van der Waals surface area contributed by atoms with Crippen molar-refractivity contribution in [3.63, 3.8) is 0 Å². The quantitative estimate of drug-likeness (QED) is 0.262. The first-order chi connectivity index (χ1) is 13.9. The molecular weight excluding hydrogens is 338 g/mol. The minimum absolute atomic E-state index is 0.632. The van der Waals surface area contributed by atoms with Gasteiger partial charge in [0.1, 0.15) is 0 Å². The lowest BCUT2D eigenvalue weighted by atomic mass is 10.00. The van der Waals surface area contributed by atoms with Gasteiger partial charge in [-0.1, -0.05) is 114 Å². The molecule has 0 saturated carbocycles. The zero-order chi connectivity index (χ0) is 19.6. The lowest BCUT2D eigenvalue weighted by Crippen LogP contribution is -2.09. The fourth-order valence-corrected chi connectivity index (χ4v) is 4.72. The Bertz CT molecular complexity index is 761. The standard InChI is InChI=1S/C27H39N/c1-3-5-7-9-11-17-23(18-12-10-8-6-4-2)28-26-21-15-13-19-24(26)25-20-14-16-22-27(25)28/h13-16,19-23H,3-12,17-18H2,1-2H3. The molecule has 0 amide bonds. The Morgan fingerprint density at radius 3 is 1.46 bits per heavy atom. The number of para-hydroxylation sites is 2. The largest absolute Gasteiger partial charge is 0.337 e. The Kier molecular flexibility index (Phi) is 8.45. The highest BCUT2D eigenvalue weighted by Gasteiger charge is 2.17. The lowest BCUT2D eigenvalue weighted by Gasteiger charge is -2.22. The summed E-state index contributed by atoms with van der Waals surface area (Å²) in [6.07, 6.45) is 16.4. The van der Waals surface area contributed by atoms with Crippen LogP contribution in [0.1, 0.15) is 96.9 Å². The summed E-state index contributed by atoms with van der Waals surface area (Å²) in [4.78, 5) is 0. The molecule has 3 aromatic rings. The van der Waals surface area contributed by atoms with Gasteiger partial charge < -0.3 is 4.57 Å². The number of nitrogens with zero attached hydrogens (tertiary/aromatic N) is 1. The second-order valence-corrected chi connectivity index (χ2v) is 8.46. The van der Waals surface area contributed by atoms with Gasteiger partial charge in [0.05, 0.1) is 0 Å². The summed E-state index contributed by atoms with van der Waals surface area (Å²) < 4.78 is 2.68. The maximum atomic E-state index is 2.68. The van der Waals surface area contributed by atoms with Gasteiger partial charge in [-0.2, -0.15) is 0 Å². The van der Waals surface area contributed by atoms with Crippen LogP contribution in [-0.2, 0) is 0 Å². The minimum Gasteiger partial charge on any atom is -0.337 e. The fourth-order valence-electron chi connectivity index (χ4n) is 4.72. The van der Waals surface area contributed by atoms with Crippen molar-refractivity contribution < 1.29 is 0 Å². The molecule has 0 bridgehead atoms. The molecule has 1 aromatic heterocycles. The average molecular weight is 378 g/mol. The van der Waals surface area contributed by atoms with Gasteiger partial charge in [-0.25, -0.2) is 0 Å². The van der Waals surface area contributed by atoms with Crippen LogP contribution in [0.15, 0.2) is 48.5 Å². The van der Waals surface area contributed by atoms with Crippen LogP contribution in [0.5, 0.6) is 0 Å². The SMILES string of the molecule is CCCCCCCC(CCCCCCC)n1c2ccccc2c2ccccc21. The van der Waals surface area contributed by atoms with Gasteiger partial charge in [-0.05, 0) is 25.0 Å². The molecular formula is C27H39N. The van der Waals surface area contributed by atoms with Crippen molar-refractivity contribution in [2.75, 3.05) is 0 Å². The molecule has 0 aliphatic carbocycles. The van der Waals surface area contributed by atoms with Gasteiger partial charge in [-0.15, -0.1) is 0 Å². The van der Waals surface area contributed by atoms with E-state index in [4.69, 9.17) is 0 Å². The molecule has 0 aliphatic rings. The zero-order valence-corrected chi connectivity index (χ0v) is 18.1. The third-order valence-electron chi connectivity index (χ3n) is 6.26. The summed E-state index contributed by atoms with van der Waals surface area (Å²) in [6.45, 7) is 4.61. The van der Waals surface area contributed by atoms with Crippen LogP contribution in [0.2, 0.25) is 0 Å². The summed E-state index contributed by atoms with van der Waals surface area (Å²) in [5.41, 5.74) is 2.85. The fraction of sp³-hybridized carbons (Fsp3) is 0.556. The van der Waals surface area contributed by atoms with E-state index in [0.29, 0.717) is 6.04 Å². The van der Waals surface area contributed by atoms with E-state index >= 15 is 0 Å². The predicted octanol–water partition coefficient (Wildman–Crippen LogP) is 9.06. The van der Waals surface area contributed by atoms with Crippen molar-refractivity contribution in [3.8, 4) is 0 Å². The van der Waals surface area contributed by atoms with Gasteiger partial charge in [-0.3, -0.25) is 0 Å². The van der Waals surface area contributed by atoms with Gasteiger partial charge in [0.25, 0.3) is 0 Å². The van der Waals surface area contributed by atoms with Crippen LogP contribution in [0, 0.1) is 0 Å². The Balaban J connectivity index is 1.83. The number of hydrogen-bond acceptors (Lipinski definition) is 0. The molecule has 0 radical (unpaired) electrons. The van der Waals surface area contributed by atoms with Crippen molar-refractivity contribution in [3.05, 3.63) is 48.5 Å². The second kappa shape index (κ2) is 11.3. The van der Waals surface area contributed by atoms with Crippen molar-refractivity contribution in [2.45, 2.75) is 96.9 Å². The van der Waals surface area contributed by atoms with Crippen LogP contribution >= 0.6 is 0 Å². The highest BCUT2D eigenvalue weighted by atomic mass is 15.0. The molecule has 152 valence electrons. The molecule has 0 unspecified atom stereocenters. The van der Waals surface area contributed by atoms with Gasteiger partial charge >= 0.3 is 0 Å². The number of benzene rings is 2. The van der Waals surface area contributed by atoms with E-state index in [1.165, 1.54) is 98.9 Å². The Morgan fingerprint density at radius 2 is 1.00 bits per heavy atom. The van der Waals surface area contributed by atoms with E-state index in [1.54, 1.807) is 0 Å². The number of rotatable bonds is 13. The Hall–Kier alpha value is -1.76. The van der Waals surface area contributed by atoms with Crippen LogP contribution < -0.4 is 0 Å². The molecule has 0 fully saturated rings. The highest BCUT2D eigenvalue weighted by molar-refractivity contribution is 6.08. The average Bonchev–Trinajstić information content (AvgIpc) is 3.06. The molecule has 1 nitrogen and oxygen atoms in total. The molecule has 28 heavy (non-hydrogen) atoms. The van der Waals surface area contributed by atoms with E-state index in [9.17, 15) is 0 Å². The zero-order valence-electron chi connectivity index (χ0n) is 18.1. The first kappa shape index (κ1) is 21.0.